The smallest absolute Gasteiger partial charge is 0.227 e. The predicted octanol–water partition coefficient (Wildman–Crippen LogP) is 2.58. The van der Waals surface area contributed by atoms with Crippen LogP contribution in [0.25, 0.3) is 0 Å². The van der Waals surface area contributed by atoms with E-state index in [-0.39, 0.29) is 5.92 Å². The maximum absolute atomic E-state index is 11.0. The summed E-state index contributed by atoms with van der Waals surface area (Å²) < 4.78 is 5.63. The molecule has 1 aromatic heterocycles. The molecule has 2 atom stereocenters. The second-order valence-corrected chi connectivity index (χ2v) is 6.63. The van der Waals surface area contributed by atoms with Crippen LogP contribution in [-0.4, -0.2) is 53.3 Å². The SMILES string of the molecule is CNc1c(Cl)cc(C2CCN(C=O)C(O)C2)c(Nc2ncccn2)c1OC. The van der Waals surface area contributed by atoms with E-state index in [1.54, 1.807) is 32.6 Å². The highest BCUT2D eigenvalue weighted by atomic mass is 35.5. The minimum absolute atomic E-state index is 0.0141. The van der Waals surface area contributed by atoms with Crippen LogP contribution < -0.4 is 15.4 Å². The van der Waals surface area contributed by atoms with Gasteiger partial charge >= 0.3 is 0 Å². The number of carbonyl (C=O) groups is 1. The molecule has 3 rings (SSSR count). The van der Waals surface area contributed by atoms with Crippen molar-refractivity contribution >= 4 is 35.3 Å². The minimum atomic E-state index is -0.837. The van der Waals surface area contributed by atoms with E-state index in [1.165, 1.54) is 4.90 Å². The predicted molar refractivity (Wildman–Crippen MR) is 104 cm³/mol. The summed E-state index contributed by atoms with van der Waals surface area (Å²) in [5.74, 6) is 0.951. The summed E-state index contributed by atoms with van der Waals surface area (Å²) in [4.78, 5) is 20.9. The molecule has 0 aliphatic carbocycles. The van der Waals surface area contributed by atoms with E-state index in [0.717, 1.165) is 5.56 Å². The molecule has 9 heteroatoms. The van der Waals surface area contributed by atoms with E-state index in [0.29, 0.717) is 53.9 Å². The van der Waals surface area contributed by atoms with Gasteiger partial charge in [-0.05, 0) is 36.5 Å². The van der Waals surface area contributed by atoms with Gasteiger partial charge in [-0.25, -0.2) is 9.97 Å². The van der Waals surface area contributed by atoms with E-state index in [9.17, 15) is 9.90 Å². The molecule has 2 unspecified atom stereocenters. The lowest BCUT2D eigenvalue weighted by atomic mass is 9.87. The number of aromatic nitrogens is 2. The molecule has 8 nitrogen and oxygen atoms in total. The lowest BCUT2D eigenvalue weighted by molar-refractivity contribution is -0.130. The van der Waals surface area contributed by atoms with Gasteiger partial charge in [-0.1, -0.05) is 11.6 Å². The number of likely N-dealkylation sites (tertiary alicyclic amines) is 1. The largest absolute Gasteiger partial charge is 0.492 e. The van der Waals surface area contributed by atoms with Crippen molar-refractivity contribution < 1.29 is 14.6 Å². The first-order chi connectivity index (χ1) is 13.1. The number of carbonyl (C=O) groups excluding carboxylic acids is 1. The first kappa shape index (κ1) is 19.2. The van der Waals surface area contributed by atoms with Crippen molar-refractivity contribution in [2.75, 3.05) is 31.3 Å². The summed E-state index contributed by atoms with van der Waals surface area (Å²) >= 11 is 6.47. The van der Waals surface area contributed by atoms with Crippen LogP contribution in [0.2, 0.25) is 5.02 Å². The van der Waals surface area contributed by atoms with Crippen molar-refractivity contribution in [3.63, 3.8) is 0 Å². The molecule has 0 radical (unpaired) electrons. The highest BCUT2D eigenvalue weighted by Gasteiger charge is 2.31. The number of aliphatic hydroxyl groups is 1. The zero-order valence-corrected chi connectivity index (χ0v) is 15.9. The highest BCUT2D eigenvalue weighted by molar-refractivity contribution is 6.34. The van der Waals surface area contributed by atoms with Crippen LogP contribution in [0.3, 0.4) is 0 Å². The van der Waals surface area contributed by atoms with Crippen LogP contribution in [-0.2, 0) is 4.79 Å². The van der Waals surface area contributed by atoms with Crippen molar-refractivity contribution in [2.45, 2.75) is 25.0 Å². The van der Waals surface area contributed by atoms with Gasteiger partial charge < -0.3 is 25.4 Å². The zero-order valence-electron chi connectivity index (χ0n) is 15.1. The molecule has 1 aliphatic heterocycles. The van der Waals surface area contributed by atoms with Crippen LogP contribution in [0.5, 0.6) is 5.75 Å². The number of hydrogen-bond donors (Lipinski definition) is 3. The molecule has 2 aromatic rings. The highest BCUT2D eigenvalue weighted by Crippen LogP contribution is 2.47. The van der Waals surface area contributed by atoms with Crippen molar-refractivity contribution in [1.29, 1.82) is 0 Å². The standard InChI is InChI=1S/C18H22ClN5O3/c1-20-16-13(19)9-12(11-4-7-24(10-25)14(26)8-11)15(17(16)27-2)23-18-21-5-3-6-22-18/h3,5-6,9-11,14,20,26H,4,7-8H2,1-2H3,(H,21,22,23). The molecule has 1 saturated heterocycles. The summed E-state index contributed by atoms with van der Waals surface area (Å²) in [5.41, 5.74) is 2.22. The lowest BCUT2D eigenvalue weighted by Gasteiger charge is -2.35. The van der Waals surface area contributed by atoms with Crippen LogP contribution in [0, 0.1) is 0 Å². The van der Waals surface area contributed by atoms with Crippen LogP contribution in [0.4, 0.5) is 17.3 Å². The van der Waals surface area contributed by atoms with Crippen molar-refractivity contribution in [1.82, 2.24) is 14.9 Å². The molecule has 1 aliphatic rings. The van der Waals surface area contributed by atoms with Gasteiger partial charge in [0.25, 0.3) is 0 Å². The van der Waals surface area contributed by atoms with Gasteiger partial charge in [-0.15, -0.1) is 0 Å². The quantitative estimate of drug-likeness (QED) is 0.651. The van der Waals surface area contributed by atoms with Crippen molar-refractivity contribution in [3.05, 3.63) is 35.1 Å². The monoisotopic (exact) mass is 391 g/mol. The number of nitrogens with one attached hydrogen (secondary N) is 2. The number of rotatable bonds is 6. The Hall–Kier alpha value is -2.58. The van der Waals surface area contributed by atoms with E-state index >= 15 is 0 Å². The fourth-order valence-electron chi connectivity index (χ4n) is 3.38. The number of ether oxygens (including phenoxy) is 1. The van der Waals surface area contributed by atoms with Gasteiger partial charge in [0.05, 0.1) is 23.5 Å². The number of benzene rings is 1. The average Bonchev–Trinajstić information content (AvgIpc) is 2.69. The number of methoxy groups -OCH3 is 1. The Morgan fingerprint density at radius 2 is 2.11 bits per heavy atom. The van der Waals surface area contributed by atoms with Crippen molar-refractivity contribution in [3.8, 4) is 5.75 Å². The first-order valence-electron chi connectivity index (χ1n) is 8.60. The molecule has 1 fully saturated rings. The molecule has 1 amide bonds. The third-order valence-corrected chi connectivity index (χ3v) is 5.01. The van der Waals surface area contributed by atoms with Gasteiger partial charge in [0.2, 0.25) is 12.4 Å². The third kappa shape index (κ3) is 3.91. The molecular weight excluding hydrogens is 370 g/mol. The average molecular weight is 392 g/mol. The molecule has 3 N–H and O–H groups in total. The van der Waals surface area contributed by atoms with E-state index < -0.39 is 6.23 Å². The van der Waals surface area contributed by atoms with Crippen LogP contribution >= 0.6 is 11.6 Å². The normalized spacial score (nSPS) is 19.5. The van der Waals surface area contributed by atoms with Crippen LogP contribution in [0.15, 0.2) is 24.5 Å². The maximum atomic E-state index is 11.0. The molecule has 2 heterocycles. The molecule has 0 saturated carbocycles. The number of anilines is 3. The number of amides is 1. The Morgan fingerprint density at radius 1 is 1.37 bits per heavy atom. The Kier molecular flexibility index (Phi) is 5.98. The molecule has 0 spiro atoms. The first-order valence-corrected chi connectivity index (χ1v) is 8.98. The molecule has 0 bridgehead atoms. The van der Waals surface area contributed by atoms with Crippen molar-refractivity contribution in [2.24, 2.45) is 0 Å². The summed E-state index contributed by atoms with van der Waals surface area (Å²) in [7, 11) is 3.33. The number of hydrogen-bond acceptors (Lipinski definition) is 7. The second-order valence-electron chi connectivity index (χ2n) is 6.22. The summed E-state index contributed by atoms with van der Waals surface area (Å²) in [6.45, 7) is 0.463. The number of aliphatic hydroxyl groups excluding tert-OH is 1. The van der Waals surface area contributed by atoms with Gasteiger partial charge in [-0.2, -0.15) is 0 Å². The Balaban J connectivity index is 2.06. The molecular formula is C18H22ClN5O3. The van der Waals surface area contributed by atoms with E-state index in [1.807, 2.05) is 6.07 Å². The Bertz CT molecular complexity index is 805. The van der Waals surface area contributed by atoms with Gasteiger partial charge in [0, 0.05) is 26.0 Å². The zero-order chi connectivity index (χ0) is 19.4. The Labute approximate surface area is 162 Å². The van der Waals surface area contributed by atoms with E-state index in [2.05, 4.69) is 20.6 Å². The van der Waals surface area contributed by atoms with Gasteiger partial charge in [0.15, 0.2) is 5.75 Å². The molecule has 144 valence electrons. The Morgan fingerprint density at radius 3 is 2.70 bits per heavy atom. The number of nitrogens with zero attached hydrogens (tertiary/aromatic N) is 3. The summed E-state index contributed by atoms with van der Waals surface area (Å²) in [6, 6.07) is 3.59. The minimum Gasteiger partial charge on any atom is -0.492 e. The second kappa shape index (κ2) is 8.41. The summed E-state index contributed by atoms with van der Waals surface area (Å²) in [5, 5.41) is 17.0. The molecule has 1 aromatic carbocycles. The third-order valence-electron chi connectivity index (χ3n) is 4.71. The fourth-order valence-corrected chi connectivity index (χ4v) is 3.67. The summed E-state index contributed by atoms with van der Waals surface area (Å²) in [6.07, 6.45) is 4.22. The van der Waals surface area contributed by atoms with Crippen LogP contribution in [0.1, 0.15) is 24.3 Å². The van der Waals surface area contributed by atoms with Gasteiger partial charge in [-0.3, -0.25) is 4.79 Å². The molecule has 27 heavy (non-hydrogen) atoms. The lowest BCUT2D eigenvalue weighted by Crippen LogP contribution is -2.40. The van der Waals surface area contributed by atoms with Gasteiger partial charge in [0.1, 0.15) is 6.23 Å². The van der Waals surface area contributed by atoms with E-state index in [4.69, 9.17) is 16.3 Å². The topological polar surface area (TPSA) is 99.6 Å². The number of halogens is 1. The fraction of sp³-hybridized carbons (Fsp3) is 0.389. The number of piperidine rings is 1. The maximum Gasteiger partial charge on any atom is 0.227 e.